The normalized spacial score (nSPS) is 14.7. The second-order valence-corrected chi connectivity index (χ2v) is 8.32. The van der Waals surface area contributed by atoms with Crippen LogP contribution in [0.3, 0.4) is 0 Å². The molecule has 0 radical (unpaired) electrons. The number of carbonyl (C=O) groups excluding carboxylic acids is 1. The van der Waals surface area contributed by atoms with Crippen molar-refractivity contribution in [2.24, 2.45) is 0 Å². The van der Waals surface area contributed by atoms with E-state index in [1.807, 2.05) is 77.7 Å². The highest BCUT2D eigenvalue weighted by molar-refractivity contribution is 6.01. The van der Waals surface area contributed by atoms with Crippen LogP contribution < -0.4 is 14.8 Å². The number of fused-ring (bicyclic) bond motifs is 1. The van der Waals surface area contributed by atoms with Crippen LogP contribution in [-0.2, 0) is 13.2 Å². The number of halogens is 1. The summed E-state index contributed by atoms with van der Waals surface area (Å²) in [5.74, 6) is 0.884. The van der Waals surface area contributed by atoms with Crippen LogP contribution in [0.25, 0.3) is 0 Å². The molecule has 0 fully saturated rings. The fraction of sp³-hybridized carbons (Fsp3) is 0.138. The summed E-state index contributed by atoms with van der Waals surface area (Å²) in [7, 11) is 1.61. The van der Waals surface area contributed by atoms with Gasteiger partial charge in [-0.25, -0.2) is 4.39 Å². The molecule has 0 aliphatic carbocycles. The van der Waals surface area contributed by atoms with E-state index in [9.17, 15) is 9.18 Å². The number of nitrogens with zero attached hydrogens (tertiary/aromatic N) is 1. The van der Waals surface area contributed by atoms with Crippen LogP contribution >= 0.6 is 0 Å². The molecule has 5 rings (SSSR count). The number of hydrogen-bond acceptors (Lipinski definition) is 4. The zero-order valence-corrected chi connectivity index (χ0v) is 19.3. The molecular formula is C29H25FN2O3. The first-order valence-corrected chi connectivity index (χ1v) is 11.4. The molecule has 176 valence electrons. The fourth-order valence-corrected chi connectivity index (χ4v) is 4.27. The minimum absolute atomic E-state index is 0.0341. The lowest BCUT2D eigenvalue weighted by atomic mass is 10.0. The third-order valence-electron chi connectivity index (χ3n) is 6.05. The van der Waals surface area contributed by atoms with E-state index in [2.05, 4.69) is 5.32 Å². The van der Waals surface area contributed by atoms with Crippen molar-refractivity contribution in [2.75, 3.05) is 12.4 Å². The first-order chi connectivity index (χ1) is 17.1. The number of rotatable bonds is 7. The maximum atomic E-state index is 13.6. The van der Waals surface area contributed by atoms with Crippen LogP contribution in [0.4, 0.5) is 10.1 Å². The summed E-state index contributed by atoms with van der Waals surface area (Å²) in [6.07, 6.45) is -0.381. The Labute approximate surface area is 203 Å². The molecule has 0 aromatic heterocycles. The minimum atomic E-state index is -0.381. The molecule has 5 nitrogen and oxygen atoms in total. The molecule has 1 aliphatic rings. The van der Waals surface area contributed by atoms with E-state index in [1.165, 1.54) is 12.1 Å². The molecule has 1 amide bonds. The molecule has 4 aromatic rings. The van der Waals surface area contributed by atoms with Crippen LogP contribution in [0.15, 0.2) is 97.1 Å². The Morgan fingerprint density at radius 2 is 1.66 bits per heavy atom. The number of nitrogens with one attached hydrogen (secondary N) is 1. The molecule has 1 heterocycles. The number of methoxy groups -OCH3 is 1. The Kier molecular flexibility index (Phi) is 6.35. The molecule has 0 spiro atoms. The standard InChI is InChI=1S/C29H25FN2O3/c1-34-27-16-11-21(17-22(27)19-35-24-14-12-23(30)13-15-24)28-31-26-10-6-5-9-25(26)29(33)32(28)18-20-7-3-2-4-8-20/h2-17,28,31H,18-19H2,1H3. The van der Waals surface area contributed by atoms with Crippen molar-refractivity contribution in [3.8, 4) is 11.5 Å². The number of hydrogen-bond donors (Lipinski definition) is 1. The zero-order chi connectivity index (χ0) is 24.2. The molecule has 6 heteroatoms. The number of benzene rings is 4. The first kappa shape index (κ1) is 22.5. The summed E-state index contributed by atoms with van der Waals surface area (Å²) in [6, 6.07) is 29.2. The molecule has 1 aliphatic heterocycles. The Morgan fingerprint density at radius 1 is 0.914 bits per heavy atom. The van der Waals surface area contributed by atoms with E-state index in [-0.39, 0.29) is 24.5 Å². The number of carbonyl (C=O) groups is 1. The van der Waals surface area contributed by atoms with E-state index in [0.29, 0.717) is 23.6 Å². The number of para-hydroxylation sites is 1. The van der Waals surface area contributed by atoms with Gasteiger partial charge in [0.25, 0.3) is 5.91 Å². The highest BCUT2D eigenvalue weighted by Gasteiger charge is 2.33. The van der Waals surface area contributed by atoms with Gasteiger partial charge in [-0.2, -0.15) is 0 Å². The second kappa shape index (κ2) is 9.89. The molecule has 0 bridgehead atoms. The molecule has 0 saturated carbocycles. The van der Waals surface area contributed by atoms with Crippen LogP contribution in [0.2, 0.25) is 0 Å². The first-order valence-electron chi connectivity index (χ1n) is 11.4. The van der Waals surface area contributed by atoms with E-state index in [0.717, 1.165) is 22.4 Å². The Hall–Kier alpha value is -4.32. The molecule has 35 heavy (non-hydrogen) atoms. The van der Waals surface area contributed by atoms with Crippen LogP contribution in [0, 0.1) is 5.82 Å². The van der Waals surface area contributed by atoms with E-state index < -0.39 is 0 Å². The highest BCUT2D eigenvalue weighted by Crippen LogP contribution is 2.36. The maximum absolute atomic E-state index is 13.6. The third-order valence-corrected chi connectivity index (χ3v) is 6.05. The quantitative estimate of drug-likeness (QED) is 0.352. The number of anilines is 1. The number of ether oxygens (including phenoxy) is 2. The molecule has 1 atom stereocenters. The Morgan fingerprint density at radius 3 is 2.43 bits per heavy atom. The van der Waals surface area contributed by atoms with Gasteiger partial charge in [0.2, 0.25) is 0 Å². The van der Waals surface area contributed by atoms with Gasteiger partial charge in [0.05, 0.1) is 12.7 Å². The fourth-order valence-electron chi connectivity index (χ4n) is 4.27. The molecule has 1 unspecified atom stereocenters. The topological polar surface area (TPSA) is 50.8 Å². The van der Waals surface area contributed by atoms with Gasteiger partial charge < -0.3 is 19.7 Å². The van der Waals surface area contributed by atoms with Gasteiger partial charge in [-0.3, -0.25) is 4.79 Å². The van der Waals surface area contributed by atoms with Crippen molar-refractivity contribution < 1.29 is 18.7 Å². The molecule has 0 saturated heterocycles. The van der Waals surface area contributed by atoms with Crippen molar-refractivity contribution in [3.63, 3.8) is 0 Å². The summed E-state index contributed by atoms with van der Waals surface area (Å²) in [4.78, 5) is 15.4. The van der Waals surface area contributed by atoms with E-state index in [1.54, 1.807) is 19.2 Å². The van der Waals surface area contributed by atoms with Crippen molar-refractivity contribution in [1.29, 1.82) is 0 Å². The van der Waals surface area contributed by atoms with Crippen LogP contribution in [0.1, 0.15) is 33.2 Å². The van der Waals surface area contributed by atoms with Crippen LogP contribution in [-0.4, -0.2) is 17.9 Å². The maximum Gasteiger partial charge on any atom is 0.258 e. The van der Waals surface area contributed by atoms with Gasteiger partial charge in [-0.15, -0.1) is 0 Å². The van der Waals surface area contributed by atoms with Crippen molar-refractivity contribution in [3.05, 3.63) is 125 Å². The molecular weight excluding hydrogens is 443 g/mol. The van der Waals surface area contributed by atoms with Crippen LogP contribution in [0.5, 0.6) is 11.5 Å². The van der Waals surface area contributed by atoms with Gasteiger partial charge in [-0.1, -0.05) is 48.5 Å². The monoisotopic (exact) mass is 468 g/mol. The van der Waals surface area contributed by atoms with Gasteiger partial charge in [-0.05, 0) is 59.7 Å². The summed E-state index contributed by atoms with van der Waals surface area (Å²) in [6.45, 7) is 0.692. The van der Waals surface area contributed by atoms with Gasteiger partial charge >= 0.3 is 0 Å². The number of amides is 1. The lowest BCUT2D eigenvalue weighted by Gasteiger charge is -2.38. The van der Waals surface area contributed by atoms with Gasteiger partial charge in [0.15, 0.2) is 0 Å². The summed E-state index contributed by atoms with van der Waals surface area (Å²) < 4.78 is 24.7. The van der Waals surface area contributed by atoms with Gasteiger partial charge in [0.1, 0.15) is 30.1 Å². The lowest BCUT2D eigenvalue weighted by molar-refractivity contribution is 0.0666. The second-order valence-electron chi connectivity index (χ2n) is 8.32. The van der Waals surface area contributed by atoms with Crippen molar-refractivity contribution in [2.45, 2.75) is 19.3 Å². The van der Waals surface area contributed by atoms with E-state index >= 15 is 0 Å². The molecule has 4 aromatic carbocycles. The lowest BCUT2D eigenvalue weighted by Crippen LogP contribution is -2.42. The van der Waals surface area contributed by atoms with Crippen molar-refractivity contribution in [1.82, 2.24) is 4.90 Å². The Bertz CT molecular complexity index is 1330. The third kappa shape index (κ3) is 4.82. The largest absolute Gasteiger partial charge is 0.496 e. The Balaban J connectivity index is 1.48. The highest BCUT2D eigenvalue weighted by atomic mass is 19.1. The summed E-state index contributed by atoms with van der Waals surface area (Å²) >= 11 is 0. The predicted octanol–water partition coefficient (Wildman–Crippen LogP) is 6.18. The van der Waals surface area contributed by atoms with E-state index in [4.69, 9.17) is 9.47 Å². The summed E-state index contributed by atoms with van der Waals surface area (Å²) in [5.41, 5.74) is 4.21. The average Bonchev–Trinajstić information content (AvgIpc) is 2.90. The zero-order valence-electron chi connectivity index (χ0n) is 19.3. The SMILES string of the molecule is COc1ccc(C2Nc3ccccc3C(=O)N2Cc2ccccc2)cc1COc1ccc(F)cc1. The predicted molar refractivity (Wildman–Crippen MR) is 133 cm³/mol. The minimum Gasteiger partial charge on any atom is -0.496 e. The average molecular weight is 469 g/mol. The van der Waals surface area contributed by atoms with Gasteiger partial charge in [0, 0.05) is 17.8 Å². The summed E-state index contributed by atoms with van der Waals surface area (Å²) in [5, 5.41) is 3.54. The smallest absolute Gasteiger partial charge is 0.258 e. The van der Waals surface area contributed by atoms with Crippen molar-refractivity contribution >= 4 is 11.6 Å². The molecule has 1 N–H and O–H groups in total.